The minimum absolute atomic E-state index is 0.415. The summed E-state index contributed by atoms with van der Waals surface area (Å²) in [6.45, 7) is 19.8. The molecule has 0 bridgehead atoms. The molecule has 2 atom stereocenters. The Hall–Kier alpha value is -1.38. The Labute approximate surface area is 225 Å². The molecule has 0 heterocycles. The van der Waals surface area contributed by atoms with Crippen molar-refractivity contribution in [2.24, 2.45) is 17.8 Å². The molecular weight excluding hydrogens is 492 g/mol. The summed E-state index contributed by atoms with van der Waals surface area (Å²) in [5, 5.41) is 0. The molecule has 0 saturated carbocycles. The third kappa shape index (κ3) is 9.21. The van der Waals surface area contributed by atoms with Gasteiger partial charge in [0, 0.05) is 10.4 Å². The van der Waals surface area contributed by atoms with Crippen molar-refractivity contribution in [3.8, 4) is 0 Å². The molecule has 0 aromatic heterocycles. The van der Waals surface area contributed by atoms with Crippen molar-refractivity contribution in [3.63, 3.8) is 0 Å². The Kier molecular flexibility index (Phi) is 12.8. The summed E-state index contributed by atoms with van der Waals surface area (Å²) in [7, 11) is 0. The predicted octanol–water partition coefficient (Wildman–Crippen LogP) is 10.7. The minimum atomic E-state index is 0.415. The van der Waals surface area contributed by atoms with E-state index in [1.807, 2.05) is 0 Å². The Morgan fingerprint density at radius 1 is 1.09 bits per heavy atom. The number of rotatable bonds is 11. The zero-order chi connectivity index (χ0) is 26.0. The van der Waals surface area contributed by atoms with Crippen molar-refractivity contribution in [3.05, 3.63) is 80.4 Å². The molecule has 0 amide bonds. The van der Waals surface area contributed by atoms with Gasteiger partial charge in [0.2, 0.25) is 0 Å². The van der Waals surface area contributed by atoms with Crippen LogP contribution < -0.4 is 0 Å². The van der Waals surface area contributed by atoms with Gasteiger partial charge in [-0.3, -0.25) is 0 Å². The molecule has 0 spiro atoms. The summed E-state index contributed by atoms with van der Waals surface area (Å²) >= 11 is 3.93. The number of halogens is 1. The van der Waals surface area contributed by atoms with Gasteiger partial charge in [-0.15, -0.1) is 0 Å². The van der Waals surface area contributed by atoms with Gasteiger partial charge in [0.1, 0.15) is 0 Å². The Morgan fingerprint density at radius 3 is 2.46 bits per heavy atom. The fourth-order valence-corrected chi connectivity index (χ4v) is 5.68. The zero-order valence-electron chi connectivity index (χ0n) is 23.6. The molecule has 2 rings (SSSR count). The minimum Gasteiger partial charge on any atom is -0.372 e. The van der Waals surface area contributed by atoms with Gasteiger partial charge in [0.15, 0.2) is 0 Å². The van der Waals surface area contributed by atoms with Crippen LogP contribution in [0.5, 0.6) is 0 Å². The predicted molar refractivity (Wildman–Crippen MR) is 158 cm³/mol. The van der Waals surface area contributed by atoms with E-state index in [0.717, 1.165) is 23.2 Å². The molecule has 2 heteroatoms. The maximum absolute atomic E-state index is 6.21. The molecule has 0 N–H and O–H groups in total. The van der Waals surface area contributed by atoms with Gasteiger partial charge in [-0.05, 0) is 79.2 Å². The SMILES string of the molecule is CCC(CC)C(C)C=C(C)C(C)C1=C(C)CCCC=C(COCc2cccc(C(C)C)c2)C(Br)=C1. The lowest BCUT2D eigenvalue weighted by atomic mass is 9.83. The summed E-state index contributed by atoms with van der Waals surface area (Å²) in [5.74, 6) is 2.34. The number of benzene rings is 1. The first-order chi connectivity index (χ1) is 16.7. The first-order valence-corrected chi connectivity index (χ1v) is 14.6. The van der Waals surface area contributed by atoms with Crippen LogP contribution in [-0.2, 0) is 11.3 Å². The van der Waals surface area contributed by atoms with E-state index in [1.165, 1.54) is 52.7 Å². The third-order valence-electron chi connectivity index (χ3n) is 7.84. The first-order valence-electron chi connectivity index (χ1n) is 13.8. The average molecular weight is 542 g/mol. The Balaban J connectivity index is 2.17. The highest BCUT2D eigenvalue weighted by molar-refractivity contribution is 9.12. The molecule has 1 nitrogen and oxygen atoms in total. The van der Waals surface area contributed by atoms with Crippen molar-refractivity contribution in [2.75, 3.05) is 6.61 Å². The summed E-state index contributed by atoms with van der Waals surface area (Å²) in [6.07, 6.45) is 13.2. The topological polar surface area (TPSA) is 9.23 Å². The second kappa shape index (κ2) is 15.0. The average Bonchev–Trinajstić information content (AvgIpc) is 2.89. The van der Waals surface area contributed by atoms with Gasteiger partial charge < -0.3 is 4.74 Å². The van der Waals surface area contributed by atoms with Crippen LogP contribution in [0.1, 0.15) is 105 Å². The standard InChI is InChI=1S/C33H49BrO/c1-9-29(10-2)26(7)18-25(6)27(8)32-20-33(34)31(16-12-11-14-24(32)5)22-35-21-28-15-13-17-30(19-28)23(3)4/h13,15-20,23,26-27,29H,9-12,14,21-22H2,1-8H3. The van der Waals surface area contributed by atoms with Crippen LogP contribution in [0.4, 0.5) is 0 Å². The quantitative estimate of drug-likeness (QED) is 0.253. The van der Waals surface area contributed by atoms with Crippen molar-refractivity contribution in [1.82, 2.24) is 0 Å². The molecule has 1 aromatic rings. The third-order valence-corrected chi connectivity index (χ3v) is 8.58. The lowest BCUT2D eigenvalue weighted by molar-refractivity contribution is 0.144. The van der Waals surface area contributed by atoms with Crippen molar-refractivity contribution >= 4 is 15.9 Å². The molecule has 2 unspecified atom stereocenters. The molecule has 0 radical (unpaired) electrons. The lowest BCUT2D eigenvalue weighted by Gasteiger charge is -2.23. The summed E-state index contributed by atoms with van der Waals surface area (Å²) in [4.78, 5) is 0. The summed E-state index contributed by atoms with van der Waals surface area (Å²) in [6, 6.07) is 8.78. The number of hydrogen-bond acceptors (Lipinski definition) is 1. The Morgan fingerprint density at radius 2 is 1.80 bits per heavy atom. The normalized spacial score (nSPS) is 17.6. The van der Waals surface area contributed by atoms with Crippen LogP contribution in [0.2, 0.25) is 0 Å². The molecule has 1 aliphatic rings. The van der Waals surface area contributed by atoms with Gasteiger partial charge in [0.25, 0.3) is 0 Å². The van der Waals surface area contributed by atoms with Crippen LogP contribution in [-0.4, -0.2) is 6.61 Å². The first kappa shape index (κ1) is 29.8. The number of hydrogen-bond donors (Lipinski definition) is 0. The van der Waals surface area contributed by atoms with E-state index in [2.05, 4.69) is 114 Å². The zero-order valence-corrected chi connectivity index (χ0v) is 25.2. The highest BCUT2D eigenvalue weighted by Gasteiger charge is 2.18. The van der Waals surface area contributed by atoms with E-state index in [4.69, 9.17) is 4.74 Å². The molecule has 0 fully saturated rings. The molecule has 1 aromatic carbocycles. The molecule has 0 saturated heterocycles. The largest absolute Gasteiger partial charge is 0.372 e. The van der Waals surface area contributed by atoms with E-state index in [9.17, 15) is 0 Å². The Bertz CT molecular complexity index is 926. The van der Waals surface area contributed by atoms with Crippen molar-refractivity contribution in [2.45, 2.75) is 100 Å². The lowest BCUT2D eigenvalue weighted by Crippen LogP contribution is -2.10. The number of ether oxygens (including phenoxy) is 1. The summed E-state index contributed by atoms with van der Waals surface area (Å²) in [5.41, 5.74) is 8.34. The molecule has 194 valence electrons. The molecule has 35 heavy (non-hydrogen) atoms. The smallest absolute Gasteiger partial charge is 0.0729 e. The number of allylic oxidation sites excluding steroid dienone is 6. The van der Waals surface area contributed by atoms with Crippen LogP contribution in [0.3, 0.4) is 0 Å². The second-order valence-corrected chi connectivity index (χ2v) is 11.7. The highest BCUT2D eigenvalue weighted by Crippen LogP contribution is 2.33. The van der Waals surface area contributed by atoms with Gasteiger partial charge >= 0.3 is 0 Å². The second-order valence-electron chi connectivity index (χ2n) is 10.8. The fraction of sp³-hybridized carbons (Fsp3) is 0.576. The van der Waals surface area contributed by atoms with E-state index in [1.54, 1.807) is 0 Å². The highest BCUT2D eigenvalue weighted by atomic mass is 79.9. The monoisotopic (exact) mass is 540 g/mol. The molecule has 1 aliphatic carbocycles. The fourth-order valence-electron chi connectivity index (χ4n) is 5.15. The van der Waals surface area contributed by atoms with Crippen LogP contribution in [0.25, 0.3) is 0 Å². The van der Waals surface area contributed by atoms with E-state index >= 15 is 0 Å². The van der Waals surface area contributed by atoms with Gasteiger partial charge in [0.05, 0.1) is 13.2 Å². The van der Waals surface area contributed by atoms with Crippen LogP contribution in [0, 0.1) is 17.8 Å². The molecule has 0 aliphatic heterocycles. The van der Waals surface area contributed by atoms with Crippen molar-refractivity contribution < 1.29 is 4.74 Å². The molecular formula is C33H49BrO. The van der Waals surface area contributed by atoms with Crippen LogP contribution >= 0.6 is 15.9 Å². The van der Waals surface area contributed by atoms with E-state index < -0.39 is 0 Å². The van der Waals surface area contributed by atoms with E-state index in [-0.39, 0.29) is 0 Å². The summed E-state index contributed by atoms with van der Waals surface area (Å²) < 4.78 is 7.37. The van der Waals surface area contributed by atoms with Gasteiger partial charge in [-0.2, -0.15) is 0 Å². The van der Waals surface area contributed by atoms with Crippen molar-refractivity contribution in [1.29, 1.82) is 0 Å². The van der Waals surface area contributed by atoms with Gasteiger partial charge in [-0.1, -0.05) is 118 Å². The van der Waals surface area contributed by atoms with Crippen LogP contribution in [0.15, 0.2) is 69.3 Å². The maximum atomic E-state index is 6.21. The van der Waals surface area contributed by atoms with E-state index in [0.29, 0.717) is 31.0 Å². The van der Waals surface area contributed by atoms with Gasteiger partial charge in [-0.25, -0.2) is 0 Å². The maximum Gasteiger partial charge on any atom is 0.0729 e.